The highest BCUT2D eigenvalue weighted by Gasteiger charge is 2.08. The Morgan fingerprint density at radius 2 is 1.73 bits per heavy atom. The lowest BCUT2D eigenvalue weighted by atomic mass is 10.0. The van der Waals surface area contributed by atoms with Crippen LogP contribution >= 0.6 is 0 Å². The number of sulfonamides is 1. The van der Waals surface area contributed by atoms with E-state index in [2.05, 4.69) is 13.8 Å². The lowest BCUT2D eigenvalue weighted by Crippen LogP contribution is -2.18. The van der Waals surface area contributed by atoms with Crippen molar-refractivity contribution in [3.05, 3.63) is 0 Å². The molecule has 0 spiro atoms. The standard InChI is InChI=1S/C7H17NO2S/c1-3-7(4-2)5-6-11(8,9)10/h7H,3-6H2,1-2H3,(H2,8,9,10). The molecule has 0 amide bonds. The van der Waals surface area contributed by atoms with E-state index in [4.69, 9.17) is 5.14 Å². The molecule has 2 N–H and O–H groups in total. The van der Waals surface area contributed by atoms with Gasteiger partial charge in [-0.05, 0) is 12.3 Å². The third-order valence-corrected chi connectivity index (χ3v) is 2.77. The quantitative estimate of drug-likeness (QED) is 0.687. The fraction of sp³-hybridized carbons (Fsp3) is 1.00. The SMILES string of the molecule is CCC(CC)CCS(N)(=O)=O. The molecule has 0 atom stereocenters. The molecule has 0 aliphatic carbocycles. The Balaban J connectivity index is 3.69. The van der Waals surface area contributed by atoms with Gasteiger partial charge < -0.3 is 0 Å². The van der Waals surface area contributed by atoms with E-state index in [0.29, 0.717) is 12.3 Å². The van der Waals surface area contributed by atoms with Gasteiger partial charge in [-0.3, -0.25) is 0 Å². The van der Waals surface area contributed by atoms with Crippen molar-refractivity contribution in [2.45, 2.75) is 33.1 Å². The molecule has 0 aliphatic heterocycles. The zero-order chi connectivity index (χ0) is 8.91. The number of nitrogens with two attached hydrogens (primary N) is 1. The predicted octanol–water partition coefficient (Wildman–Crippen LogP) is 1.10. The van der Waals surface area contributed by atoms with E-state index in [-0.39, 0.29) is 5.75 Å². The highest BCUT2D eigenvalue weighted by atomic mass is 32.2. The first-order valence-electron chi connectivity index (χ1n) is 4.00. The molecular formula is C7H17NO2S. The average molecular weight is 179 g/mol. The van der Waals surface area contributed by atoms with Crippen molar-refractivity contribution in [1.82, 2.24) is 0 Å². The lowest BCUT2D eigenvalue weighted by Gasteiger charge is -2.09. The van der Waals surface area contributed by atoms with Crippen LogP contribution in [-0.4, -0.2) is 14.2 Å². The second-order valence-electron chi connectivity index (χ2n) is 2.84. The number of hydrogen-bond donors (Lipinski definition) is 1. The van der Waals surface area contributed by atoms with Gasteiger partial charge in [0, 0.05) is 0 Å². The number of rotatable bonds is 5. The molecule has 0 bridgehead atoms. The second kappa shape index (κ2) is 4.72. The maximum atomic E-state index is 10.5. The van der Waals surface area contributed by atoms with E-state index in [1.807, 2.05) is 0 Å². The van der Waals surface area contributed by atoms with E-state index < -0.39 is 10.0 Å². The Bertz CT molecular complexity index is 183. The first-order chi connectivity index (χ1) is 4.99. The molecule has 68 valence electrons. The number of hydrogen-bond acceptors (Lipinski definition) is 2. The van der Waals surface area contributed by atoms with E-state index in [9.17, 15) is 8.42 Å². The van der Waals surface area contributed by atoms with Crippen LogP contribution in [0.15, 0.2) is 0 Å². The summed E-state index contributed by atoms with van der Waals surface area (Å²) in [6.07, 6.45) is 2.77. The summed E-state index contributed by atoms with van der Waals surface area (Å²) < 4.78 is 21.1. The smallest absolute Gasteiger partial charge is 0.209 e. The minimum Gasteiger partial charge on any atom is -0.229 e. The van der Waals surface area contributed by atoms with Gasteiger partial charge in [0.1, 0.15) is 0 Å². The van der Waals surface area contributed by atoms with E-state index in [0.717, 1.165) is 12.8 Å². The van der Waals surface area contributed by atoms with Crippen molar-refractivity contribution in [3.8, 4) is 0 Å². The third kappa shape index (κ3) is 6.31. The van der Waals surface area contributed by atoms with E-state index >= 15 is 0 Å². The Morgan fingerprint density at radius 3 is 2.00 bits per heavy atom. The van der Waals surface area contributed by atoms with Crippen molar-refractivity contribution in [2.75, 3.05) is 5.75 Å². The van der Waals surface area contributed by atoms with Crippen molar-refractivity contribution in [2.24, 2.45) is 11.1 Å². The second-order valence-corrected chi connectivity index (χ2v) is 4.57. The van der Waals surface area contributed by atoms with Crippen LogP contribution in [0.2, 0.25) is 0 Å². The summed E-state index contributed by atoms with van der Waals surface area (Å²) in [4.78, 5) is 0. The fourth-order valence-electron chi connectivity index (χ4n) is 1.03. The van der Waals surface area contributed by atoms with Crippen LogP contribution in [0, 0.1) is 5.92 Å². The molecule has 0 heterocycles. The zero-order valence-electron chi connectivity index (χ0n) is 7.21. The summed E-state index contributed by atoms with van der Waals surface area (Å²) in [5.74, 6) is 0.632. The first kappa shape index (κ1) is 10.9. The molecule has 0 radical (unpaired) electrons. The molecule has 0 aromatic carbocycles. The highest BCUT2D eigenvalue weighted by molar-refractivity contribution is 7.89. The van der Waals surface area contributed by atoms with Crippen molar-refractivity contribution >= 4 is 10.0 Å². The third-order valence-electron chi connectivity index (χ3n) is 1.97. The normalized spacial score (nSPS) is 12.4. The van der Waals surface area contributed by atoms with Crippen LogP contribution in [0.3, 0.4) is 0 Å². The Labute approximate surface area is 69.0 Å². The molecule has 0 aromatic heterocycles. The van der Waals surface area contributed by atoms with Gasteiger partial charge >= 0.3 is 0 Å². The summed E-state index contributed by atoms with van der Waals surface area (Å²) in [7, 11) is -3.24. The molecule has 11 heavy (non-hydrogen) atoms. The van der Waals surface area contributed by atoms with E-state index in [1.165, 1.54) is 0 Å². The fourth-order valence-corrected chi connectivity index (χ4v) is 1.69. The van der Waals surface area contributed by atoms with Crippen molar-refractivity contribution < 1.29 is 8.42 Å². The van der Waals surface area contributed by atoms with Crippen LogP contribution in [0.5, 0.6) is 0 Å². The van der Waals surface area contributed by atoms with Gasteiger partial charge in [-0.2, -0.15) is 0 Å². The van der Waals surface area contributed by atoms with Gasteiger partial charge in [-0.1, -0.05) is 26.7 Å². The molecule has 0 aromatic rings. The van der Waals surface area contributed by atoms with Crippen molar-refractivity contribution in [1.29, 1.82) is 0 Å². The summed E-state index contributed by atoms with van der Waals surface area (Å²) in [5.41, 5.74) is 0. The minimum absolute atomic E-state index is 0.124. The minimum atomic E-state index is -3.24. The van der Waals surface area contributed by atoms with Crippen LogP contribution in [0.4, 0.5) is 0 Å². The van der Waals surface area contributed by atoms with E-state index in [1.54, 1.807) is 0 Å². The highest BCUT2D eigenvalue weighted by Crippen LogP contribution is 2.12. The first-order valence-corrected chi connectivity index (χ1v) is 5.71. The molecule has 0 aliphatic rings. The Morgan fingerprint density at radius 1 is 1.27 bits per heavy atom. The summed E-state index contributed by atoms with van der Waals surface area (Å²) >= 11 is 0. The molecule has 4 heteroatoms. The molecule has 0 fully saturated rings. The predicted molar refractivity (Wildman–Crippen MR) is 46.7 cm³/mol. The summed E-state index contributed by atoms with van der Waals surface area (Å²) in [6.45, 7) is 4.13. The zero-order valence-corrected chi connectivity index (χ0v) is 8.02. The van der Waals surface area contributed by atoms with Gasteiger partial charge in [-0.15, -0.1) is 0 Å². The molecule has 3 nitrogen and oxygen atoms in total. The summed E-state index contributed by atoms with van der Waals surface area (Å²) in [5, 5.41) is 4.87. The van der Waals surface area contributed by atoms with Crippen LogP contribution in [0.1, 0.15) is 33.1 Å². The maximum absolute atomic E-state index is 10.5. The van der Waals surface area contributed by atoms with Gasteiger partial charge in [0.25, 0.3) is 0 Å². The van der Waals surface area contributed by atoms with Gasteiger partial charge in [0.2, 0.25) is 10.0 Å². The van der Waals surface area contributed by atoms with Gasteiger partial charge in [0.05, 0.1) is 5.75 Å². The lowest BCUT2D eigenvalue weighted by molar-refractivity contribution is 0.474. The molecular weight excluding hydrogens is 162 g/mol. The monoisotopic (exact) mass is 179 g/mol. The van der Waals surface area contributed by atoms with Crippen LogP contribution in [-0.2, 0) is 10.0 Å². The topological polar surface area (TPSA) is 60.2 Å². The van der Waals surface area contributed by atoms with Crippen LogP contribution < -0.4 is 5.14 Å². The van der Waals surface area contributed by atoms with Crippen LogP contribution in [0.25, 0.3) is 0 Å². The maximum Gasteiger partial charge on any atom is 0.209 e. The van der Waals surface area contributed by atoms with Crippen molar-refractivity contribution in [3.63, 3.8) is 0 Å². The largest absolute Gasteiger partial charge is 0.229 e. The molecule has 0 saturated heterocycles. The average Bonchev–Trinajstić information content (AvgIpc) is 1.88. The molecule has 0 saturated carbocycles. The Hall–Kier alpha value is -0.0900. The Kier molecular flexibility index (Phi) is 4.68. The van der Waals surface area contributed by atoms with Gasteiger partial charge in [-0.25, -0.2) is 13.6 Å². The summed E-state index contributed by atoms with van der Waals surface area (Å²) in [6, 6.07) is 0. The van der Waals surface area contributed by atoms with Gasteiger partial charge in [0.15, 0.2) is 0 Å². The molecule has 0 unspecified atom stereocenters. The molecule has 0 rings (SSSR count). The number of primary sulfonamides is 1.